The number of phenols is 1. The predicted octanol–water partition coefficient (Wildman–Crippen LogP) is 5.53. The van der Waals surface area contributed by atoms with Gasteiger partial charge in [0, 0.05) is 10.9 Å². The van der Waals surface area contributed by atoms with Crippen molar-refractivity contribution in [2.45, 2.75) is 18.3 Å². The largest absolute Gasteiger partial charge is 0.504 e. The highest BCUT2D eigenvalue weighted by molar-refractivity contribution is 6.32. The zero-order valence-corrected chi connectivity index (χ0v) is 26.8. The van der Waals surface area contributed by atoms with Gasteiger partial charge in [0.15, 0.2) is 11.5 Å². The van der Waals surface area contributed by atoms with Crippen LogP contribution >= 0.6 is 11.6 Å². The van der Waals surface area contributed by atoms with Crippen molar-refractivity contribution in [3.05, 3.63) is 107 Å². The van der Waals surface area contributed by atoms with Crippen LogP contribution in [0, 0.1) is 29.6 Å². The molecule has 5 amide bonds. The molecule has 2 aliphatic heterocycles. The van der Waals surface area contributed by atoms with Crippen LogP contribution in [-0.4, -0.2) is 53.9 Å². The van der Waals surface area contributed by atoms with E-state index < -0.39 is 64.7 Å². The number of rotatable bonds is 5. The van der Waals surface area contributed by atoms with Crippen molar-refractivity contribution in [3.8, 4) is 11.5 Å². The highest BCUT2D eigenvalue weighted by Gasteiger charge is 2.69. The molecule has 0 aromatic heterocycles. The van der Waals surface area contributed by atoms with Crippen LogP contribution in [0.3, 0.4) is 0 Å². The maximum Gasteiger partial charge on any atom is 0.423 e. The Morgan fingerprint density at radius 2 is 1.71 bits per heavy atom. The summed E-state index contributed by atoms with van der Waals surface area (Å²) in [4.78, 5) is 71.3. The molecule has 11 heteroatoms. The number of halogens is 1. The van der Waals surface area contributed by atoms with Gasteiger partial charge in [-0.1, -0.05) is 77.9 Å². The molecule has 244 valence electrons. The molecular formula is C37H31ClN2O8. The van der Waals surface area contributed by atoms with Crippen LogP contribution in [0.4, 0.5) is 10.5 Å². The fraction of sp³-hybridized carbons (Fsp3) is 0.270. The molecule has 2 aliphatic carbocycles. The van der Waals surface area contributed by atoms with Gasteiger partial charge in [-0.3, -0.25) is 19.2 Å². The lowest BCUT2D eigenvalue weighted by Crippen LogP contribution is -2.54. The number of carbonyl (C=O) groups excluding carboxylic acids is 5. The first-order valence-electron chi connectivity index (χ1n) is 15.5. The molecule has 6 unspecified atom stereocenters. The Bertz CT molecular complexity index is 1940. The van der Waals surface area contributed by atoms with Crippen LogP contribution in [0.15, 0.2) is 90.5 Å². The van der Waals surface area contributed by atoms with Crippen LogP contribution in [0.1, 0.15) is 24.0 Å². The van der Waals surface area contributed by atoms with E-state index in [1.807, 2.05) is 42.5 Å². The Morgan fingerprint density at radius 3 is 2.42 bits per heavy atom. The van der Waals surface area contributed by atoms with Gasteiger partial charge in [-0.2, -0.15) is 4.90 Å². The van der Waals surface area contributed by atoms with Gasteiger partial charge in [0.1, 0.15) is 0 Å². The minimum absolute atomic E-state index is 0.0393. The van der Waals surface area contributed by atoms with E-state index >= 15 is 4.79 Å². The molecule has 2 saturated heterocycles. The second-order valence-corrected chi connectivity index (χ2v) is 12.8. The number of methoxy groups -OCH3 is 2. The van der Waals surface area contributed by atoms with Crippen LogP contribution in [0.2, 0.25) is 5.02 Å². The van der Waals surface area contributed by atoms with Crippen molar-refractivity contribution >= 4 is 53.1 Å². The van der Waals surface area contributed by atoms with E-state index in [9.17, 15) is 24.3 Å². The lowest BCUT2D eigenvalue weighted by Gasteiger charge is -2.49. The molecule has 3 fully saturated rings. The van der Waals surface area contributed by atoms with E-state index in [0.29, 0.717) is 26.7 Å². The normalized spacial score (nSPS) is 27.9. The van der Waals surface area contributed by atoms with Gasteiger partial charge in [0.05, 0.1) is 43.1 Å². The molecule has 3 aromatic rings. The van der Waals surface area contributed by atoms with Gasteiger partial charge in [-0.05, 0) is 60.2 Å². The number of aromatic hydroxyl groups is 1. The van der Waals surface area contributed by atoms with Gasteiger partial charge in [-0.25, -0.2) is 9.69 Å². The Kier molecular flexibility index (Phi) is 7.71. The SMILES string of the molecule is COC(=O)N1C(=O)C2CC=C3C(CC4C(=O)N(c5cccc(Cl)c5)C(=O)C4(c4ccccc4)C3C=Cc3ccc(O)c(OC)c3)C2C1=O. The quantitative estimate of drug-likeness (QED) is 0.278. The smallest absolute Gasteiger partial charge is 0.423 e. The number of amides is 5. The topological polar surface area (TPSA) is 131 Å². The third kappa shape index (κ3) is 4.50. The Morgan fingerprint density at radius 1 is 0.938 bits per heavy atom. The molecule has 1 saturated carbocycles. The number of nitrogens with zero attached hydrogens (tertiary/aromatic N) is 2. The summed E-state index contributed by atoms with van der Waals surface area (Å²) in [5.74, 6) is -6.01. The Balaban J connectivity index is 1.45. The molecule has 2 heterocycles. The maximum absolute atomic E-state index is 15.1. The Labute approximate surface area is 281 Å². The second kappa shape index (κ2) is 11.8. The summed E-state index contributed by atoms with van der Waals surface area (Å²) in [5, 5.41) is 10.6. The van der Waals surface area contributed by atoms with Gasteiger partial charge in [0.2, 0.25) is 23.6 Å². The van der Waals surface area contributed by atoms with Gasteiger partial charge < -0.3 is 14.6 Å². The molecular weight excluding hydrogens is 636 g/mol. The standard InChI is InChI=1S/C37H31ClN2O8/c1-47-30-17-20(12-16-29(30)41)11-15-27-24-13-14-25-31(34(44)40(32(25)42)36(46)48-2)26(24)19-28-33(43)39(23-10-6-9-22(38)18-23)35(45)37(27,28)21-7-4-3-5-8-21/h3-13,15-18,25-28,31,41H,14,19H2,1-2H3. The molecule has 7 rings (SSSR count). The third-order valence-corrected chi connectivity index (χ3v) is 10.5. The van der Waals surface area contributed by atoms with Gasteiger partial charge in [-0.15, -0.1) is 0 Å². The van der Waals surface area contributed by atoms with Crippen molar-refractivity contribution in [1.29, 1.82) is 0 Å². The van der Waals surface area contributed by atoms with Crippen LogP contribution in [0.5, 0.6) is 11.5 Å². The summed E-state index contributed by atoms with van der Waals surface area (Å²) < 4.78 is 10.1. The van der Waals surface area contributed by atoms with E-state index in [0.717, 1.165) is 12.7 Å². The number of carbonyl (C=O) groups is 5. The fourth-order valence-corrected chi connectivity index (χ4v) is 8.45. The fourth-order valence-electron chi connectivity index (χ4n) is 8.27. The zero-order valence-electron chi connectivity index (χ0n) is 26.0. The van der Waals surface area contributed by atoms with E-state index in [4.69, 9.17) is 21.1 Å². The van der Waals surface area contributed by atoms with E-state index in [-0.39, 0.29) is 24.3 Å². The lowest BCUT2D eigenvalue weighted by atomic mass is 9.50. The van der Waals surface area contributed by atoms with Crippen LogP contribution in [-0.2, 0) is 29.3 Å². The second-order valence-electron chi connectivity index (χ2n) is 12.4. The summed E-state index contributed by atoms with van der Waals surface area (Å²) in [5.41, 5.74) is 0.920. The molecule has 6 atom stereocenters. The third-order valence-electron chi connectivity index (χ3n) is 10.3. The number of fused-ring (bicyclic) bond motifs is 4. The number of benzene rings is 3. The van der Waals surface area contributed by atoms with Crippen molar-refractivity contribution in [1.82, 2.24) is 4.90 Å². The highest BCUT2D eigenvalue weighted by atomic mass is 35.5. The molecule has 1 N–H and O–H groups in total. The summed E-state index contributed by atoms with van der Waals surface area (Å²) in [7, 11) is 2.55. The Hall–Kier alpha value is -5.22. The van der Waals surface area contributed by atoms with Gasteiger partial charge >= 0.3 is 6.09 Å². The monoisotopic (exact) mass is 666 g/mol. The number of likely N-dealkylation sites (tertiary alicyclic amines) is 1. The van der Waals surface area contributed by atoms with E-state index in [1.165, 1.54) is 18.1 Å². The van der Waals surface area contributed by atoms with Crippen molar-refractivity contribution in [2.24, 2.45) is 29.6 Å². The number of hydrogen-bond acceptors (Lipinski definition) is 8. The number of phenolic OH excluding ortho intramolecular Hbond substituents is 1. The first-order chi connectivity index (χ1) is 23.1. The highest BCUT2D eigenvalue weighted by Crippen LogP contribution is 2.62. The number of hydrogen-bond donors (Lipinski definition) is 1. The number of anilines is 1. The van der Waals surface area contributed by atoms with Crippen LogP contribution in [0.25, 0.3) is 6.08 Å². The first kappa shape index (κ1) is 31.4. The molecule has 4 aliphatic rings. The molecule has 0 radical (unpaired) electrons. The van der Waals surface area contributed by atoms with E-state index in [1.54, 1.807) is 42.5 Å². The van der Waals surface area contributed by atoms with Gasteiger partial charge in [0.25, 0.3) is 0 Å². The van der Waals surface area contributed by atoms with Crippen LogP contribution < -0.4 is 9.64 Å². The number of imide groups is 4. The molecule has 0 spiro atoms. The van der Waals surface area contributed by atoms with E-state index in [2.05, 4.69) is 0 Å². The first-order valence-corrected chi connectivity index (χ1v) is 15.9. The summed E-state index contributed by atoms with van der Waals surface area (Å²) >= 11 is 6.34. The number of ether oxygens (including phenoxy) is 2. The van der Waals surface area contributed by atoms with Crippen molar-refractivity contribution in [2.75, 3.05) is 19.1 Å². The van der Waals surface area contributed by atoms with Crippen molar-refractivity contribution < 1.29 is 38.6 Å². The van der Waals surface area contributed by atoms with Crippen molar-refractivity contribution in [3.63, 3.8) is 0 Å². The molecule has 10 nitrogen and oxygen atoms in total. The predicted molar refractivity (Wildman–Crippen MR) is 175 cm³/mol. The minimum atomic E-state index is -1.43. The molecule has 3 aromatic carbocycles. The zero-order chi connectivity index (χ0) is 33.9. The molecule has 48 heavy (non-hydrogen) atoms. The maximum atomic E-state index is 15.1. The summed E-state index contributed by atoms with van der Waals surface area (Å²) in [6.07, 6.45) is 4.76. The lowest BCUT2D eigenvalue weighted by molar-refractivity contribution is -0.138. The average Bonchev–Trinajstić information content (AvgIpc) is 3.49. The summed E-state index contributed by atoms with van der Waals surface area (Å²) in [6.45, 7) is 0. The minimum Gasteiger partial charge on any atom is -0.504 e. The molecule has 0 bridgehead atoms. The summed E-state index contributed by atoms with van der Waals surface area (Å²) in [6, 6.07) is 20.5. The number of allylic oxidation sites excluding steroid dienone is 3. The average molecular weight is 667 g/mol.